The third-order valence-electron chi connectivity index (χ3n) is 5.05. The van der Waals surface area contributed by atoms with E-state index in [0.717, 1.165) is 37.3 Å². The van der Waals surface area contributed by atoms with Crippen molar-refractivity contribution < 1.29 is 17.9 Å². The van der Waals surface area contributed by atoms with E-state index in [9.17, 15) is 13.2 Å². The number of hydrogen-bond donors (Lipinski definition) is 2. The second kappa shape index (κ2) is 9.57. The van der Waals surface area contributed by atoms with Crippen LogP contribution in [0.4, 0.5) is 17.6 Å². The summed E-state index contributed by atoms with van der Waals surface area (Å²) in [7, 11) is -2.11. The minimum absolute atomic E-state index is 0.220. The molecule has 3 aromatic rings. The van der Waals surface area contributed by atoms with Crippen molar-refractivity contribution >= 4 is 44.9 Å². The molecular weight excluding hydrogens is 452 g/mol. The van der Waals surface area contributed by atoms with Crippen LogP contribution in [0.1, 0.15) is 19.3 Å². The Hall–Kier alpha value is -3.12. The summed E-state index contributed by atoms with van der Waals surface area (Å²) in [6, 6.07) is 9.74. The summed E-state index contributed by atoms with van der Waals surface area (Å²) < 4.78 is 32.2. The number of hydrogen-bond acceptors (Lipinski definition) is 8. The number of piperidine rings is 1. The van der Waals surface area contributed by atoms with Gasteiger partial charge in [0.25, 0.3) is 15.9 Å². The van der Waals surface area contributed by atoms with Gasteiger partial charge in [0.15, 0.2) is 6.61 Å². The van der Waals surface area contributed by atoms with E-state index in [2.05, 4.69) is 25.4 Å². The van der Waals surface area contributed by atoms with Crippen molar-refractivity contribution in [1.29, 1.82) is 0 Å². The highest BCUT2D eigenvalue weighted by Crippen LogP contribution is 2.26. The standard InChI is InChI=1S/C20H24N6O4S2/c1-25(32(28,29)18-6-5-13-31-18)15-7-9-16(10-8-15)30-14-17(27)21-19-22-20(24-23-19)26-11-3-2-4-12-26/h5-10,13H,2-4,11-12,14H2,1H3,(H2,21,22,23,24,27). The molecule has 2 aromatic heterocycles. The molecule has 0 atom stereocenters. The van der Waals surface area contributed by atoms with E-state index < -0.39 is 10.0 Å². The second-order valence-corrected chi connectivity index (χ2v) is 10.4. The van der Waals surface area contributed by atoms with E-state index >= 15 is 0 Å². The van der Waals surface area contributed by atoms with Crippen molar-refractivity contribution in [3.05, 3.63) is 41.8 Å². The Labute approximate surface area is 190 Å². The van der Waals surface area contributed by atoms with Gasteiger partial charge in [-0.15, -0.1) is 16.4 Å². The van der Waals surface area contributed by atoms with E-state index in [-0.39, 0.29) is 22.7 Å². The molecule has 1 aliphatic heterocycles. The largest absolute Gasteiger partial charge is 0.484 e. The number of thiophene rings is 1. The topological polar surface area (TPSA) is 121 Å². The number of anilines is 3. The molecule has 1 aliphatic rings. The highest BCUT2D eigenvalue weighted by Gasteiger charge is 2.22. The molecule has 3 heterocycles. The van der Waals surface area contributed by atoms with Crippen LogP contribution >= 0.6 is 11.3 Å². The Bertz CT molecular complexity index is 1140. The van der Waals surface area contributed by atoms with Gasteiger partial charge in [0.2, 0.25) is 11.9 Å². The Morgan fingerprint density at radius 1 is 1.22 bits per heavy atom. The zero-order chi connectivity index (χ0) is 22.6. The fourth-order valence-electron chi connectivity index (χ4n) is 3.30. The Balaban J connectivity index is 1.29. The van der Waals surface area contributed by atoms with Crippen LogP contribution in [0.2, 0.25) is 0 Å². The van der Waals surface area contributed by atoms with E-state index in [4.69, 9.17) is 4.74 Å². The monoisotopic (exact) mass is 476 g/mol. The molecule has 0 spiro atoms. The van der Waals surface area contributed by atoms with Gasteiger partial charge in [-0.1, -0.05) is 6.07 Å². The van der Waals surface area contributed by atoms with Crippen LogP contribution in [0.5, 0.6) is 5.75 Å². The number of sulfonamides is 1. The number of benzene rings is 1. The molecule has 0 radical (unpaired) electrons. The van der Waals surface area contributed by atoms with Crippen LogP contribution in [0, 0.1) is 0 Å². The number of carbonyl (C=O) groups is 1. The second-order valence-electron chi connectivity index (χ2n) is 7.27. The molecule has 0 saturated carbocycles. The van der Waals surface area contributed by atoms with Crippen LogP contribution in [-0.4, -0.2) is 56.3 Å². The van der Waals surface area contributed by atoms with Gasteiger partial charge >= 0.3 is 0 Å². The van der Waals surface area contributed by atoms with Gasteiger partial charge in [-0.25, -0.2) is 13.5 Å². The summed E-state index contributed by atoms with van der Waals surface area (Å²) in [6.07, 6.45) is 3.43. The zero-order valence-electron chi connectivity index (χ0n) is 17.5. The molecule has 170 valence electrons. The van der Waals surface area contributed by atoms with Crippen LogP contribution in [-0.2, 0) is 14.8 Å². The first-order valence-corrected chi connectivity index (χ1v) is 12.5. The van der Waals surface area contributed by atoms with Gasteiger partial charge in [0.05, 0.1) is 5.69 Å². The summed E-state index contributed by atoms with van der Waals surface area (Å²) in [6.45, 7) is 1.60. The highest BCUT2D eigenvalue weighted by atomic mass is 32.2. The fraction of sp³-hybridized carbons (Fsp3) is 0.350. The van der Waals surface area contributed by atoms with Crippen molar-refractivity contribution in [2.45, 2.75) is 23.5 Å². The number of nitrogens with one attached hydrogen (secondary N) is 2. The lowest BCUT2D eigenvalue weighted by atomic mass is 10.1. The van der Waals surface area contributed by atoms with Gasteiger partial charge in [-0.2, -0.15) is 4.98 Å². The molecular formula is C20H24N6O4S2. The lowest BCUT2D eigenvalue weighted by molar-refractivity contribution is -0.118. The molecule has 0 unspecified atom stereocenters. The molecule has 32 heavy (non-hydrogen) atoms. The third-order valence-corrected chi connectivity index (χ3v) is 8.21. The molecule has 12 heteroatoms. The van der Waals surface area contributed by atoms with Crippen LogP contribution in [0.25, 0.3) is 0 Å². The lowest BCUT2D eigenvalue weighted by Gasteiger charge is -2.24. The van der Waals surface area contributed by atoms with Crippen molar-refractivity contribution in [3.63, 3.8) is 0 Å². The summed E-state index contributed by atoms with van der Waals surface area (Å²) in [5.74, 6) is 0.915. The first kappa shape index (κ1) is 22.1. The smallest absolute Gasteiger partial charge is 0.273 e. The normalized spacial score (nSPS) is 14.2. The average molecular weight is 477 g/mol. The molecule has 1 amide bonds. The van der Waals surface area contributed by atoms with Crippen molar-refractivity contribution in [3.8, 4) is 5.75 Å². The SMILES string of the molecule is CN(c1ccc(OCC(=O)Nc2nc(N3CCCCC3)n[nH]2)cc1)S(=O)(=O)c1cccs1. The fourth-order valence-corrected chi connectivity index (χ4v) is 5.65. The minimum Gasteiger partial charge on any atom is -0.484 e. The molecule has 4 rings (SSSR count). The summed E-state index contributed by atoms with van der Waals surface area (Å²) in [4.78, 5) is 18.6. The maximum absolute atomic E-state index is 12.6. The number of nitrogens with zero attached hydrogens (tertiary/aromatic N) is 4. The lowest BCUT2D eigenvalue weighted by Crippen LogP contribution is -2.30. The van der Waals surface area contributed by atoms with Crippen molar-refractivity contribution in [2.24, 2.45) is 0 Å². The molecule has 0 aliphatic carbocycles. The first-order valence-electron chi connectivity index (χ1n) is 10.2. The predicted molar refractivity (Wildman–Crippen MR) is 123 cm³/mol. The number of ether oxygens (including phenoxy) is 1. The number of amides is 1. The number of carbonyl (C=O) groups excluding carboxylic acids is 1. The predicted octanol–water partition coefficient (Wildman–Crippen LogP) is 2.70. The van der Waals surface area contributed by atoms with Gasteiger partial charge < -0.3 is 9.64 Å². The van der Waals surface area contributed by atoms with Crippen molar-refractivity contribution in [1.82, 2.24) is 15.2 Å². The van der Waals surface area contributed by atoms with Gasteiger partial charge in [-0.3, -0.25) is 14.4 Å². The molecule has 2 N–H and O–H groups in total. The van der Waals surface area contributed by atoms with E-state index in [1.807, 2.05) is 0 Å². The number of rotatable bonds is 8. The maximum Gasteiger partial charge on any atom is 0.273 e. The van der Waals surface area contributed by atoms with E-state index in [1.165, 1.54) is 17.8 Å². The molecule has 0 bridgehead atoms. The number of aromatic amines is 1. The quantitative estimate of drug-likeness (QED) is 0.513. The van der Waals surface area contributed by atoms with Crippen LogP contribution < -0.4 is 19.3 Å². The molecule has 1 fully saturated rings. The molecule has 1 saturated heterocycles. The van der Waals surface area contributed by atoms with Gasteiger partial charge in [0, 0.05) is 20.1 Å². The minimum atomic E-state index is -3.60. The van der Waals surface area contributed by atoms with Gasteiger partial charge in [-0.05, 0) is 55.0 Å². The maximum atomic E-state index is 12.6. The third kappa shape index (κ3) is 5.02. The van der Waals surface area contributed by atoms with Gasteiger partial charge in [0.1, 0.15) is 9.96 Å². The van der Waals surface area contributed by atoms with E-state index in [0.29, 0.717) is 17.4 Å². The molecule has 1 aromatic carbocycles. The first-order chi connectivity index (χ1) is 15.4. The van der Waals surface area contributed by atoms with Crippen LogP contribution in [0.15, 0.2) is 46.0 Å². The highest BCUT2D eigenvalue weighted by molar-refractivity contribution is 7.94. The Kier molecular flexibility index (Phi) is 6.61. The Morgan fingerprint density at radius 3 is 2.66 bits per heavy atom. The summed E-state index contributed by atoms with van der Waals surface area (Å²) >= 11 is 1.16. The number of H-pyrrole nitrogens is 1. The number of aromatic nitrogens is 3. The average Bonchev–Trinajstić information content (AvgIpc) is 3.51. The zero-order valence-corrected chi connectivity index (χ0v) is 19.2. The van der Waals surface area contributed by atoms with Crippen molar-refractivity contribution in [2.75, 3.05) is 41.3 Å². The van der Waals surface area contributed by atoms with E-state index in [1.54, 1.807) is 41.8 Å². The summed E-state index contributed by atoms with van der Waals surface area (Å²) in [5, 5.41) is 11.2. The van der Waals surface area contributed by atoms with Crippen LogP contribution in [0.3, 0.4) is 0 Å². The summed E-state index contributed by atoms with van der Waals surface area (Å²) in [5.41, 5.74) is 0.488. The Morgan fingerprint density at radius 2 is 1.97 bits per heavy atom. The molecule has 10 nitrogen and oxygen atoms in total.